The van der Waals surface area contributed by atoms with Crippen LogP contribution in [0.2, 0.25) is 0 Å². The van der Waals surface area contributed by atoms with Crippen molar-refractivity contribution in [1.82, 2.24) is 4.98 Å². The summed E-state index contributed by atoms with van der Waals surface area (Å²) in [5.41, 5.74) is 4.55. The van der Waals surface area contributed by atoms with Gasteiger partial charge in [0.25, 0.3) is 11.8 Å². The van der Waals surface area contributed by atoms with Gasteiger partial charge in [0.05, 0.1) is 16.7 Å². The number of amides is 2. The fourth-order valence-electron chi connectivity index (χ4n) is 3.67. The molecule has 0 aliphatic heterocycles. The molecule has 0 atom stereocenters. The van der Waals surface area contributed by atoms with E-state index in [0.29, 0.717) is 24.3 Å². The quantitative estimate of drug-likeness (QED) is 0.105. The lowest BCUT2D eigenvalue weighted by Crippen LogP contribution is -2.51. The number of nitrogens with two attached hydrogens (primary N) is 2. The second kappa shape index (κ2) is 12.5. The van der Waals surface area contributed by atoms with Gasteiger partial charge < -0.3 is 21.7 Å². The minimum absolute atomic E-state index is 0.0286. The lowest BCUT2D eigenvalue weighted by Gasteiger charge is -2.26. The number of alkyl halides is 6. The molecule has 3 aromatic rings. The first-order chi connectivity index (χ1) is 20.4. The summed E-state index contributed by atoms with van der Waals surface area (Å²) >= 11 is 0. The van der Waals surface area contributed by atoms with E-state index in [9.17, 15) is 55.7 Å². The maximum Gasteiger partial charge on any atom is 0.417 e. The van der Waals surface area contributed by atoms with Crippen LogP contribution in [0, 0.1) is 11.8 Å². The Balaban J connectivity index is 2.22. The molecule has 2 amide bonds. The predicted octanol–water partition coefficient (Wildman–Crippen LogP) is 3.12. The first kappa shape index (κ1) is 32.6. The fourth-order valence-corrected chi connectivity index (χ4v) is 3.67. The Bertz CT molecular complexity index is 1710. The third-order valence-corrected chi connectivity index (χ3v) is 5.49. The van der Waals surface area contributed by atoms with Gasteiger partial charge in [0.1, 0.15) is 5.82 Å². The van der Waals surface area contributed by atoms with Gasteiger partial charge in [-0.3, -0.25) is 14.5 Å². The van der Waals surface area contributed by atoms with Crippen molar-refractivity contribution in [2.75, 3.05) is 4.90 Å². The van der Waals surface area contributed by atoms with E-state index >= 15 is 0 Å². The SMILES string of the molecule is NC(N)=NC(=O)c1cc(C#Cc2ccc(C(F)(F)F)c(C(=O)N(c3ccccn3)C(C(=O)O)C(=O)O)c2)cc(C(F)(F)F)c1. The Hall–Kier alpha value is -5.92. The number of carboxylic acid groups (broad SMARTS) is 2. The van der Waals surface area contributed by atoms with Crippen LogP contribution in [-0.4, -0.2) is 51.0 Å². The summed E-state index contributed by atoms with van der Waals surface area (Å²) in [6.07, 6.45) is -9.14. The Labute approximate surface area is 242 Å². The van der Waals surface area contributed by atoms with E-state index in [4.69, 9.17) is 11.5 Å². The number of hydrogen-bond acceptors (Lipinski definition) is 5. The lowest BCUT2D eigenvalue weighted by molar-refractivity contribution is -0.149. The maximum absolute atomic E-state index is 13.9. The molecule has 44 heavy (non-hydrogen) atoms. The summed E-state index contributed by atoms with van der Waals surface area (Å²) < 4.78 is 82.1. The molecule has 17 heteroatoms. The molecular formula is C27H17F6N5O6. The molecule has 0 unspecified atom stereocenters. The van der Waals surface area contributed by atoms with Crippen LogP contribution in [-0.2, 0) is 21.9 Å². The fraction of sp³-hybridized carbons (Fsp3) is 0.111. The molecule has 0 fully saturated rings. The molecule has 3 rings (SSSR count). The summed E-state index contributed by atoms with van der Waals surface area (Å²) in [4.78, 5) is 56.0. The molecule has 0 saturated heterocycles. The number of halogens is 6. The summed E-state index contributed by atoms with van der Waals surface area (Å²) in [5.74, 6) is -4.02. The number of benzene rings is 2. The molecular weight excluding hydrogens is 604 g/mol. The normalized spacial score (nSPS) is 11.2. The summed E-state index contributed by atoms with van der Waals surface area (Å²) in [6, 6.07) is 4.37. The highest BCUT2D eigenvalue weighted by atomic mass is 19.4. The topological polar surface area (TPSA) is 189 Å². The molecule has 228 valence electrons. The van der Waals surface area contributed by atoms with Crippen LogP contribution >= 0.6 is 0 Å². The average Bonchev–Trinajstić information content (AvgIpc) is 2.92. The summed E-state index contributed by atoms with van der Waals surface area (Å²) in [6.45, 7) is 0. The van der Waals surface area contributed by atoms with Gasteiger partial charge in [-0.15, -0.1) is 0 Å². The lowest BCUT2D eigenvalue weighted by atomic mass is 10.0. The maximum atomic E-state index is 13.9. The van der Waals surface area contributed by atoms with Crippen molar-refractivity contribution >= 4 is 35.5 Å². The Morgan fingerprint density at radius 1 is 0.841 bits per heavy atom. The average molecular weight is 621 g/mol. The highest BCUT2D eigenvalue weighted by molar-refractivity contribution is 6.15. The highest BCUT2D eigenvalue weighted by Gasteiger charge is 2.42. The van der Waals surface area contributed by atoms with E-state index in [-0.39, 0.29) is 10.5 Å². The van der Waals surface area contributed by atoms with E-state index in [1.807, 2.05) is 0 Å². The first-order valence-electron chi connectivity index (χ1n) is 11.7. The third-order valence-electron chi connectivity index (χ3n) is 5.49. The number of nitrogens with zero attached hydrogens (tertiary/aromatic N) is 3. The predicted molar refractivity (Wildman–Crippen MR) is 139 cm³/mol. The number of carbonyl (C=O) groups excluding carboxylic acids is 2. The van der Waals surface area contributed by atoms with Crippen molar-refractivity contribution in [1.29, 1.82) is 0 Å². The minimum atomic E-state index is -5.21. The van der Waals surface area contributed by atoms with Crippen LogP contribution in [0.1, 0.15) is 43.0 Å². The van der Waals surface area contributed by atoms with Crippen LogP contribution in [0.3, 0.4) is 0 Å². The van der Waals surface area contributed by atoms with Gasteiger partial charge in [-0.1, -0.05) is 17.9 Å². The minimum Gasteiger partial charge on any atom is -0.479 e. The molecule has 0 bridgehead atoms. The number of anilines is 1. The van der Waals surface area contributed by atoms with Crippen molar-refractivity contribution in [2.24, 2.45) is 16.5 Å². The smallest absolute Gasteiger partial charge is 0.417 e. The molecule has 0 aliphatic carbocycles. The van der Waals surface area contributed by atoms with Crippen LogP contribution in [0.15, 0.2) is 65.8 Å². The zero-order valence-electron chi connectivity index (χ0n) is 21.6. The van der Waals surface area contributed by atoms with E-state index in [1.165, 1.54) is 12.1 Å². The van der Waals surface area contributed by atoms with Gasteiger partial charge in [-0.05, 0) is 48.5 Å². The van der Waals surface area contributed by atoms with Gasteiger partial charge in [0.2, 0.25) is 6.04 Å². The Kier molecular flexibility index (Phi) is 9.28. The number of pyridine rings is 1. The molecule has 1 aromatic heterocycles. The molecule has 11 nitrogen and oxygen atoms in total. The number of hydrogen-bond donors (Lipinski definition) is 4. The van der Waals surface area contributed by atoms with Crippen molar-refractivity contribution < 1.29 is 55.7 Å². The number of rotatable bonds is 6. The Morgan fingerprint density at radius 3 is 2.00 bits per heavy atom. The highest BCUT2D eigenvalue weighted by Crippen LogP contribution is 2.34. The summed E-state index contributed by atoms with van der Waals surface area (Å²) in [5, 5.41) is 19.0. The zero-order chi connectivity index (χ0) is 33.0. The van der Waals surface area contributed by atoms with Crippen molar-refractivity contribution in [3.63, 3.8) is 0 Å². The standard InChI is InChI=1S/C27H17F6N5O6/c28-26(29,30)16-10-14(9-15(12-16)21(39)37-25(34)35)5-4-13-6-7-18(27(31,32)33)17(11-13)22(40)38(19-3-1-2-8-36-19)20(23(41)42)24(43)44/h1-3,6-12,20H,(H,41,42)(H,43,44)(H4,34,35,37,39). The van der Waals surface area contributed by atoms with Crippen molar-refractivity contribution in [2.45, 2.75) is 18.4 Å². The monoisotopic (exact) mass is 621 g/mol. The van der Waals surface area contributed by atoms with Crippen LogP contribution in [0.25, 0.3) is 0 Å². The second-order valence-electron chi connectivity index (χ2n) is 8.59. The number of carboxylic acids is 2. The number of aromatic nitrogens is 1. The number of aliphatic imine (C=N–C) groups is 1. The molecule has 1 heterocycles. The van der Waals surface area contributed by atoms with Crippen LogP contribution in [0.5, 0.6) is 0 Å². The molecule has 6 N–H and O–H groups in total. The molecule has 0 spiro atoms. The van der Waals surface area contributed by atoms with E-state index < -0.39 is 81.7 Å². The van der Waals surface area contributed by atoms with E-state index in [1.54, 1.807) is 0 Å². The van der Waals surface area contributed by atoms with E-state index in [0.717, 1.165) is 24.4 Å². The molecule has 2 aromatic carbocycles. The molecule has 0 radical (unpaired) electrons. The third kappa shape index (κ3) is 7.67. The van der Waals surface area contributed by atoms with Gasteiger partial charge in [-0.2, -0.15) is 31.3 Å². The van der Waals surface area contributed by atoms with Crippen LogP contribution < -0.4 is 16.4 Å². The van der Waals surface area contributed by atoms with Crippen LogP contribution in [0.4, 0.5) is 32.2 Å². The van der Waals surface area contributed by atoms with Crippen molar-refractivity contribution in [3.8, 4) is 11.8 Å². The number of aliphatic carboxylic acids is 2. The largest absolute Gasteiger partial charge is 0.479 e. The molecule has 0 aliphatic rings. The number of guanidine groups is 1. The van der Waals surface area contributed by atoms with Gasteiger partial charge in [0.15, 0.2) is 5.96 Å². The second-order valence-corrected chi connectivity index (χ2v) is 8.59. The van der Waals surface area contributed by atoms with Crippen molar-refractivity contribution in [3.05, 3.63) is 94.2 Å². The van der Waals surface area contributed by atoms with Gasteiger partial charge >= 0.3 is 24.3 Å². The summed E-state index contributed by atoms with van der Waals surface area (Å²) in [7, 11) is 0. The van der Waals surface area contributed by atoms with Gasteiger partial charge in [0, 0.05) is 22.9 Å². The number of carbonyl (C=O) groups is 4. The first-order valence-corrected chi connectivity index (χ1v) is 11.7. The van der Waals surface area contributed by atoms with E-state index in [2.05, 4.69) is 21.8 Å². The molecule has 0 saturated carbocycles. The van der Waals surface area contributed by atoms with Gasteiger partial charge in [-0.25, -0.2) is 14.6 Å². The zero-order valence-corrected chi connectivity index (χ0v) is 21.6. The Morgan fingerprint density at radius 2 is 1.48 bits per heavy atom.